The standard InChI is InChI=1S/C26H34N4O2/c31-23(30-10-4-7-22(30)24-28-20-5-1-2-6-21(20)29-24)8-3-9-27-25(32)26-14-17-11-18(15-26)13-19(12-17)16-26/h1-2,5-6,17-19,22H,3-4,7-16H2,(H,27,32)(H,28,29)/t17?,18?,19?,22-,26?/m1/s1. The Bertz CT molecular complexity index is 959. The van der Waals surface area contributed by atoms with Crippen LogP contribution in [-0.2, 0) is 9.59 Å². The van der Waals surface area contributed by atoms with Crippen LogP contribution in [0.2, 0.25) is 0 Å². The molecule has 2 N–H and O–H groups in total. The highest BCUT2D eigenvalue weighted by Gasteiger charge is 2.54. The van der Waals surface area contributed by atoms with Gasteiger partial charge in [-0.15, -0.1) is 0 Å². The number of amides is 2. The number of nitrogens with one attached hydrogen (secondary N) is 2. The third kappa shape index (κ3) is 3.52. The Morgan fingerprint density at radius 1 is 1.09 bits per heavy atom. The Balaban J connectivity index is 1.02. The van der Waals surface area contributed by atoms with Gasteiger partial charge in [-0.25, -0.2) is 4.98 Å². The first-order valence-corrected chi connectivity index (χ1v) is 12.6. The van der Waals surface area contributed by atoms with Crippen LogP contribution in [0.15, 0.2) is 24.3 Å². The summed E-state index contributed by atoms with van der Waals surface area (Å²) in [6.45, 7) is 1.40. The highest BCUT2D eigenvalue weighted by Crippen LogP contribution is 2.60. The molecule has 6 heteroatoms. The smallest absolute Gasteiger partial charge is 0.226 e. The minimum Gasteiger partial charge on any atom is -0.356 e. The summed E-state index contributed by atoms with van der Waals surface area (Å²) in [5.41, 5.74) is 1.88. The van der Waals surface area contributed by atoms with Crippen LogP contribution in [0, 0.1) is 23.2 Å². The van der Waals surface area contributed by atoms with Crippen LogP contribution in [-0.4, -0.2) is 39.8 Å². The van der Waals surface area contributed by atoms with Crippen LogP contribution in [0.1, 0.15) is 76.1 Å². The summed E-state index contributed by atoms with van der Waals surface area (Å²) in [6.07, 6.45) is 10.5. The highest BCUT2D eigenvalue weighted by molar-refractivity contribution is 5.83. The number of likely N-dealkylation sites (tertiary alicyclic amines) is 1. The van der Waals surface area contributed by atoms with E-state index in [0.717, 1.165) is 73.3 Å². The number of benzene rings is 1. The van der Waals surface area contributed by atoms with Gasteiger partial charge in [-0.1, -0.05) is 12.1 Å². The van der Waals surface area contributed by atoms with E-state index >= 15 is 0 Å². The van der Waals surface area contributed by atoms with Gasteiger partial charge in [0.1, 0.15) is 5.82 Å². The van der Waals surface area contributed by atoms with E-state index in [9.17, 15) is 9.59 Å². The summed E-state index contributed by atoms with van der Waals surface area (Å²) in [7, 11) is 0. The number of imidazole rings is 1. The number of carbonyl (C=O) groups is 2. The first kappa shape index (κ1) is 20.3. The van der Waals surface area contributed by atoms with Gasteiger partial charge in [0.15, 0.2) is 0 Å². The lowest BCUT2D eigenvalue weighted by molar-refractivity contribution is -0.146. The maximum absolute atomic E-state index is 13.1. The van der Waals surface area contributed by atoms with E-state index in [0.29, 0.717) is 19.4 Å². The number of para-hydroxylation sites is 2. The van der Waals surface area contributed by atoms with Crippen LogP contribution >= 0.6 is 0 Å². The fourth-order valence-electron chi connectivity index (χ4n) is 7.64. The minimum atomic E-state index is -0.0971. The van der Waals surface area contributed by atoms with Crippen LogP contribution < -0.4 is 5.32 Å². The van der Waals surface area contributed by atoms with Crippen molar-refractivity contribution in [3.05, 3.63) is 30.1 Å². The largest absolute Gasteiger partial charge is 0.356 e. The number of fused-ring (bicyclic) bond motifs is 1. The van der Waals surface area contributed by atoms with Crippen molar-refractivity contribution in [3.63, 3.8) is 0 Å². The number of aromatic amines is 1. The molecule has 0 spiro atoms. The predicted molar refractivity (Wildman–Crippen MR) is 123 cm³/mol. The Labute approximate surface area is 189 Å². The first-order valence-electron chi connectivity index (χ1n) is 12.6. The minimum absolute atomic E-state index is 0.0384. The molecule has 5 aliphatic rings. The molecule has 0 unspecified atom stereocenters. The third-order valence-electron chi connectivity index (χ3n) is 8.67. The maximum atomic E-state index is 13.1. The second-order valence-corrected chi connectivity index (χ2v) is 10.9. The molecule has 1 atom stereocenters. The number of H-pyrrole nitrogens is 1. The Hall–Kier alpha value is -2.37. The quantitative estimate of drug-likeness (QED) is 0.664. The number of rotatable bonds is 6. The summed E-state index contributed by atoms with van der Waals surface area (Å²) >= 11 is 0. The van der Waals surface area contributed by atoms with E-state index < -0.39 is 0 Å². The lowest BCUT2D eigenvalue weighted by atomic mass is 9.49. The fourth-order valence-corrected chi connectivity index (χ4v) is 7.64. The second-order valence-electron chi connectivity index (χ2n) is 10.9. The average Bonchev–Trinajstić information content (AvgIpc) is 3.42. The summed E-state index contributed by atoms with van der Waals surface area (Å²) in [4.78, 5) is 36.2. The van der Waals surface area contributed by atoms with Gasteiger partial charge in [-0.05, 0) is 87.7 Å². The number of nitrogens with zero attached hydrogens (tertiary/aromatic N) is 2. The molecule has 4 bridgehead atoms. The van der Waals surface area contributed by atoms with Crippen molar-refractivity contribution in [3.8, 4) is 0 Å². The van der Waals surface area contributed by atoms with Crippen molar-refractivity contribution >= 4 is 22.8 Å². The van der Waals surface area contributed by atoms with E-state index in [1.165, 1.54) is 19.3 Å². The molecule has 5 fully saturated rings. The van der Waals surface area contributed by atoms with Crippen LogP contribution in [0.5, 0.6) is 0 Å². The predicted octanol–water partition coefficient (Wildman–Crippen LogP) is 4.34. The Kier molecular flexibility index (Phi) is 4.99. The van der Waals surface area contributed by atoms with Crippen molar-refractivity contribution < 1.29 is 9.59 Å². The topological polar surface area (TPSA) is 78.1 Å². The van der Waals surface area contributed by atoms with Crippen LogP contribution in [0.25, 0.3) is 11.0 Å². The molecule has 1 saturated heterocycles. The molecular weight excluding hydrogens is 400 g/mol. The molecule has 32 heavy (non-hydrogen) atoms. The van der Waals surface area contributed by atoms with Crippen molar-refractivity contribution in [2.24, 2.45) is 23.2 Å². The SMILES string of the molecule is O=C(CCCNC(=O)C12CC3CC(CC(C3)C1)C2)N1CCC[C@@H]1c1nc2ccccc2[nH]1. The molecule has 7 rings (SSSR count). The van der Waals surface area contributed by atoms with Gasteiger partial charge < -0.3 is 15.2 Å². The monoisotopic (exact) mass is 434 g/mol. The van der Waals surface area contributed by atoms with Crippen LogP contribution in [0.3, 0.4) is 0 Å². The van der Waals surface area contributed by atoms with Gasteiger partial charge in [0, 0.05) is 24.9 Å². The van der Waals surface area contributed by atoms with Gasteiger partial charge in [0.2, 0.25) is 11.8 Å². The van der Waals surface area contributed by atoms with Gasteiger partial charge in [-0.3, -0.25) is 9.59 Å². The second kappa shape index (κ2) is 7.89. The lowest BCUT2D eigenvalue weighted by Gasteiger charge is -2.55. The molecule has 1 aromatic heterocycles. The molecule has 2 aromatic rings. The van der Waals surface area contributed by atoms with E-state index in [4.69, 9.17) is 4.98 Å². The third-order valence-corrected chi connectivity index (χ3v) is 8.67. The summed E-state index contributed by atoms with van der Waals surface area (Å²) < 4.78 is 0. The van der Waals surface area contributed by atoms with Gasteiger partial charge in [0.05, 0.1) is 17.1 Å². The molecule has 4 saturated carbocycles. The zero-order valence-corrected chi connectivity index (χ0v) is 18.8. The number of aromatic nitrogens is 2. The molecule has 6 nitrogen and oxygen atoms in total. The maximum Gasteiger partial charge on any atom is 0.226 e. The number of hydrogen-bond donors (Lipinski definition) is 2. The first-order chi connectivity index (χ1) is 15.6. The van der Waals surface area contributed by atoms with Gasteiger partial charge >= 0.3 is 0 Å². The van der Waals surface area contributed by atoms with Crippen molar-refractivity contribution in [2.75, 3.05) is 13.1 Å². The molecule has 170 valence electrons. The van der Waals surface area contributed by atoms with E-state index in [-0.39, 0.29) is 23.3 Å². The van der Waals surface area contributed by atoms with E-state index in [1.807, 2.05) is 29.2 Å². The normalized spacial score (nSPS) is 33.2. The molecular formula is C26H34N4O2. The van der Waals surface area contributed by atoms with Crippen molar-refractivity contribution in [2.45, 2.75) is 70.3 Å². The van der Waals surface area contributed by atoms with Crippen molar-refractivity contribution in [1.82, 2.24) is 20.2 Å². The van der Waals surface area contributed by atoms with E-state index in [1.54, 1.807) is 0 Å². The summed E-state index contributed by atoms with van der Waals surface area (Å²) in [5, 5.41) is 3.22. The molecule has 4 aliphatic carbocycles. The zero-order valence-electron chi connectivity index (χ0n) is 18.8. The van der Waals surface area contributed by atoms with Crippen LogP contribution in [0.4, 0.5) is 0 Å². The Morgan fingerprint density at radius 2 is 1.81 bits per heavy atom. The number of hydrogen-bond acceptors (Lipinski definition) is 3. The fraction of sp³-hybridized carbons (Fsp3) is 0.654. The molecule has 1 aliphatic heterocycles. The summed E-state index contributed by atoms with van der Waals surface area (Å²) in [5.74, 6) is 3.67. The molecule has 1 aromatic carbocycles. The lowest BCUT2D eigenvalue weighted by Crippen LogP contribution is -2.53. The number of carbonyl (C=O) groups excluding carboxylic acids is 2. The van der Waals surface area contributed by atoms with Gasteiger partial charge in [-0.2, -0.15) is 0 Å². The highest BCUT2D eigenvalue weighted by atomic mass is 16.2. The Morgan fingerprint density at radius 3 is 2.53 bits per heavy atom. The molecule has 2 amide bonds. The van der Waals surface area contributed by atoms with E-state index in [2.05, 4.69) is 10.3 Å². The van der Waals surface area contributed by atoms with Crippen molar-refractivity contribution in [1.29, 1.82) is 0 Å². The molecule has 2 heterocycles. The average molecular weight is 435 g/mol. The zero-order chi connectivity index (χ0) is 21.7. The molecule has 0 radical (unpaired) electrons. The van der Waals surface area contributed by atoms with Gasteiger partial charge in [0.25, 0.3) is 0 Å². The summed E-state index contributed by atoms with van der Waals surface area (Å²) in [6, 6.07) is 8.06.